The van der Waals surface area contributed by atoms with Crippen molar-refractivity contribution in [3.63, 3.8) is 0 Å². The molecule has 1 aliphatic heterocycles. The minimum atomic E-state index is -3.11. The summed E-state index contributed by atoms with van der Waals surface area (Å²) in [6.45, 7) is -6.21. The van der Waals surface area contributed by atoms with E-state index < -0.39 is 44.3 Å². The average Bonchev–Trinajstić information content (AvgIpc) is 3.07. The van der Waals surface area contributed by atoms with Gasteiger partial charge < -0.3 is 0 Å². The quantitative estimate of drug-likeness (QED) is 0.508. The summed E-state index contributed by atoms with van der Waals surface area (Å²) in [6, 6.07) is 12.8. The fraction of sp³-hybridized carbons (Fsp3) is 0.304. The molecule has 0 saturated heterocycles. The van der Waals surface area contributed by atoms with Crippen LogP contribution in [0.25, 0.3) is 11.0 Å². The molecule has 0 N–H and O–H groups in total. The predicted molar refractivity (Wildman–Crippen MR) is 114 cm³/mol. The van der Waals surface area contributed by atoms with Crippen molar-refractivity contribution in [3.05, 3.63) is 64.8 Å². The number of Topliss-reactive ketones (excluding diaryl/α,β-unsaturated/α-hetero) is 1. The van der Waals surface area contributed by atoms with Gasteiger partial charge in [0, 0.05) is 33.4 Å². The van der Waals surface area contributed by atoms with E-state index in [0.29, 0.717) is 22.2 Å². The van der Waals surface area contributed by atoms with E-state index in [1.165, 1.54) is 4.90 Å². The molecular formula is C23H22ClN3O2. The average molecular weight is 415 g/mol. The summed E-state index contributed by atoms with van der Waals surface area (Å²) in [5, 5.41) is 0.943. The first kappa shape index (κ1) is 12.7. The van der Waals surface area contributed by atoms with Gasteiger partial charge in [-0.05, 0) is 48.2 Å². The molecule has 0 saturated carbocycles. The van der Waals surface area contributed by atoms with Gasteiger partial charge in [0.1, 0.15) is 16.8 Å². The number of benzene rings is 1. The second-order valence-corrected chi connectivity index (χ2v) is 7.24. The van der Waals surface area contributed by atoms with Crippen molar-refractivity contribution in [1.29, 1.82) is 0 Å². The Labute approximate surface area is 184 Å². The Morgan fingerprint density at radius 1 is 1.21 bits per heavy atom. The van der Waals surface area contributed by atoms with E-state index in [0.717, 1.165) is 0 Å². The Balaban J connectivity index is 1.64. The monoisotopic (exact) mass is 414 g/mol. The highest BCUT2D eigenvalue weighted by Crippen LogP contribution is 2.39. The van der Waals surface area contributed by atoms with Crippen LogP contribution in [-0.4, -0.2) is 21.7 Å². The number of hydrogen-bond donors (Lipinski definition) is 0. The van der Waals surface area contributed by atoms with Crippen LogP contribution in [-0.2, 0) is 4.79 Å². The molecule has 3 aromatic rings. The number of halogens is 1. The van der Waals surface area contributed by atoms with E-state index in [1.807, 2.05) is 0 Å². The van der Waals surface area contributed by atoms with Crippen LogP contribution in [0.3, 0.4) is 0 Å². The van der Waals surface area contributed by atoms with Crippen LogP contribution in [0, 0.1) is 5.89 Å². The highest BCUT2D eigenvalue weighted by molar-refractivity contribution is 6.29. The summed E-state index contributed by atoms with van der Waals surface area (Å²) in [7, 11) is 0. The highest BCUT2D eigenvalue weighted by atomic mass is 35.5. The van der Waals surface area contributed by atoms with Gasteiger partial charge in [-0.25, -0.2) is 9.97 Å². The van der Waals surface area contributed by atoms with E-state index in [9.17, 15) is 9.59 Å². The topological polar surface area (TPSA) is 63.2 Å². The molecule has 0 spiro atoms. The Morgan fingerprint density at radius 2 is 2.00 bits per heavy atom. The van der Waals surface area contributed by atoms with Gasteiger partial charge in [-0.1, -0.05) is 43.5 Å². The molecule has 3 heterocycles. The number of fused-ring (bicyclic) bond motifs is 2. The molecule has 0 radical (unpaired) electrons. The molecule has 1 atom stereocenters. The molecule has 29 heavy (non-hydrogen) atoms. The van der Waals surface area contributed by atoms with Crippen LogP contribution < -0.4 is 4.90 Å². The van der Waals surface area contributed by atoms with Crippen molar-refractivity contribution in [3.8, 4) is 0 Å². The molecule has 0 unspecified atom stereocenters. The number of amides is 1. The third-order valence-corrected chi connectivity index (χ3v) is 5.12. The van der Waals surface area contributed by atoms with Gasteiger partial charge in [-0.2, -0.15) is 0 Å². The van der Waals surface area contributed by atoms with Crippen LogP contribution in [0.2, 0.25) is 5.15 Å². The lowest BCUT2D eigenvalue weighted by molar-refractivity contribution is -0.119. The van der Waals surface area contributed by atoms with Crippen molar-refractivity contribution in [1.82, 2.24) is 9.97 Å². The number of carbonyl (C=O) groups is 2. The van der Waals surface area contributed by atoms with Gasteiger partial charge in [0.2, 0.25) is 0 Å². The van der Waals surface area contributed by atoms with Gasteiger partial charge in [0.15, 0.2) is 5.65 Å². The third-order valence-electron chi connectivity index (χ3n) is 4.91. The maximum absolute atomic E-state index is 13.3. The van der Waals surface area contributed by atoms with Crippen LogP contribution in [0.5, 0.6) is 0 Å². The summed E-state index contributed by atoms with van der Waals surface area (Å²) in [5.41, 5.74) is 1.32. The van der Waals surface area contributed by atoms with Crippen molar-refractivity contribution in [2.75, 3.05) is 4.90 Å². The van der Waals surface area contributed by atoms with E-state index >= 15 is 0 Å². The van der Waals surface area contributed by atoms with E-state index in [4.69, 9.17) is 21.2 Å². The first-order valence-electron chi connectivity index (χ1n) is 12.6. The minimum Gasteiger partial charge on any atom is -0.300 e. The van der Waals surface area contributed by atoms with Gasteiger partial charge in [-0.15, -0.1) is 0 Å². The molecule has 2 aromatic heterocycles. The SMILES string of the molecule is [2H]C([2H])([2H])C([2H])(CCC(=O)C[C@H]1c2ccccc2C(=O)N1c1ccc2ccc(Cl)nc2n1)C([2H])([2H])[2H]. The van der Waals surface area contributed by atoms with E-state index in [-0.39, 0.29) is 23.3 Å². The maximum atomic E-state index is 13.3. The minimum absolute atomic E-state index is 0.205. The summed E-state index contributed by atoms with van der Waals surface area (Å²) in [5.74, 6) is -3.36. The zero-order valence-electron chi connectivity index (χ0n) is 22.4. The summed E-state index contributed by atoms with van der Waals surface area (Å²) in [4.78, 5) is 36.4. The zero-order chi connectivity index (χ0) is 26.5. The number of aromatic nitrogens is 2. The third kappa shape index (κ3) is 3.87. The number of nitrogens with zero attached hydrogens (tertiary/aromatic N) is 3. The zero-order valence-corrected chi connectivity index (χ0v) is 16.1. The lowest BCUT2D eigenvalue weighted by Crippen LogP contribution is -2.30. The Hall–Kier alpha value is -2.79. The van der Waals surface area contributed by atoms with Crippen LogP contribution in [0.1, 0.15) is 64.5 Å². The van der Waals surface area contributed by atoms with Crippen LogP contribution >= 0.6 is 11.6 Å². The van der Waals surface area contributed by atoms with Crippen molar-refractivity contribution < 1.29 is 19.2 Å². The fourth-order valence-electron chi connectivity index (χ4n) is 3.54. The molecule has 5 nitrogen and oxygen atoms in total. The second kappa shape index (κ2) is 7.91. The number of carbonyl (C=O) groups excluding carboxylic acids is 2. The van der Waals surface area contributed by atoms with Crippen molar-refractivity contribution >= 4 is 40.1 Å². The molecule has 148 valence electrons. The van der Waals surface area contributed by atoms with E-state index in [1.54, 1.807) is 48.5 Å². The number of rotatable bonds is 6. The van der Waals surface area contributed by atoms with Crippen LogP contribution in [0.4, 0.5) is 5.82 Å². The Kier molecular flexibility index (Phi) is 3.47. The molecule has 0 aliphatic carbocycles. The summed E-state index contributed by atoms with van der Waals surface area (Å²) >= 11 is 5.99. The summed E-state index contributed by atoms with van der Waals surface area (Å²) < 4.78 is 53.5. The Morgan fingerprint density at radius 3 is 2.83 bits per heavy atom. The molecule has 0 bridgehead atoms. The first-order chi connectivity index (χ1) is 16.7. The van der Waals surface area contributed by atoms with Crippen LogP contribution in [0.15, 0.2) is 48.5 Å². The van der Waals surface area contributed by atoms with Gasteiger partial charge in [-0.3, -0.25) is 14.5 Å². The highest BCUT2D eigenvalue weighted by Gasteiger charge is 2.39. The molecule has 1 amide bonds. The number of hydrogen-bond acceptors (Lipinski definition) is 4. The lowest BCUT2D eigenvalue weighted by atomic mass is 9.97. The molecular weight excluding hydrogens is 386 g/mol. The Bertz CT molecular complexity index is 1330. The van der Waals surface area contributed by atoms with Crippen molar-refractivity contribution in [2.45, 2.75) is 39.0 Å². The predicted octanol–water partition coefficient (Wildman–Crippen LogP) is 5.38. The first-order valence-corrected chi connectivity index (χ1v) is 9.48. The molecule has 6 heteroatoms. The van der Waals surface area contributed by atoms with E-state index in [2.05, 4.69) is 9.97 Å². The molecule has 1 aliphatic rings. The standard InChI is InChI=1S/C23H22ClN3O2/c1-14(2)7-10-16(28)13-19-17-5-3-4-6-18(17)23(29)27(19)21-12-9-15-8-11-20(24)25-22(15)26-21/h3-6,8-9,11-12,14,19H,7,10,13H2,1-2H3/t19-/m0/s1/i1D3,2D3,14D. The summed E-state index contributed by atoms with van der Waals surface area (Å²) in [6.07, 6.45) is -1.31. The maximum Gasteiger partial charge on any atom is 0.260 e. The smallest absolute Gasteiger partial charge is 0.260 e. The number of ketones is 1. The lowest BCUT2D eigenvalue weighted by Gasteiger charge is -2.24. The molecule has 1 aromatic carbocycles. The number of anilines is 1. The fourth-order valence-corrected chi connectivity index (χ4v) is 3.68. The van der Waals surface area contributed by atoms with Gasteiger partial charge >= 0.3 is 0 Å². The van der Waals surface area contributed by atoms with Gasteiger partial charge in [0.05, 0.1) is 6.04 Å². The largest absolute Gasteiger partial charge is 0.300 e. The normalized spacial score (nSPS) is 20.7. The molecule has 0 fully saturated rings. The second-order valence-electron chi connectivity index (χ2n) is 6.85. The number of pyridine rings is 2. The van der Waals surface area contributed by atoms with Gasteiger partial charge in [0.25, 0.3) is 5.91 Å². The molecule has 4 rings (SSSR count). The van der Waals surface area contributed by atoms with Crippen molar-refractivity contribution in [2.24, 2.45) is 5.89 Å².